The van der Waals surface area contributed by atoms with Crippen LogP contribution in [0.3, 0.4) is 0 Å². The van der Waals surface area contributed by atoms with Gasteiger partial charge in [0.2, 0.25) is 0 Å². The van der Waals surface area contributed by atoms with E-state index in [0.29, 0.717) is 0 Å². The van der Waals surface area contributed by atoms with Gasteiger partial charge in [0.1, 0.15) is 5.82 Å². The van der Waals surface area contributed by atoms with E-state index < -0.39 is 0 Å². The first-order chi connectivity index (χ1) is 8.15. The lowest BCUT2D eigenvalue weighted by molar-refractivity contribution is 0.142. The van der Waals surface area contributed by atoms with Crippen LogP contribution in [0, 0.1) is 19.3 Å². The van der Waals surface area contributed by atoms with E-state index in [4.69, 9.17) is 0 Å². The van der Waals surface area contributed by atoms with Crippen LogP contribution in [0.1, 0.15) is 37.1 Å². The van der Waals surface area contributed by atoms with E-state index in [1.165, 1.54) is 12.8 Å². The smallest absolute Gasteiger partial charge is 0.144 e. The Labute approximate surface area is 102 Å². The summed E-state index contributed by atoms with van der Waals surface area (Å²) in [7, 11) is 0. The van der Waals surface area contributed by atoms with Crippen molar-refractivity contribution in [3.8, 4) is 0 Å². The van der Waals surface area contributed by atoms with Gasteiger partial charge in [-0.15, -0.1) is 0 Å². The Morgan fingerprint density at radius 1 is 1.29 bits per heavy atom. The molecule has 0 atom stereocenters. The fourth-order valence-electron chi connectivity index (χ4n) is 2.42. The highest BCUT2D eigenvalue weighted by molar-refractivity contribution is 5.33. The maximum Gasteiger partial charge on any atom is 0.144 e. The molecule has 0 aliphatic heterocycles. The van der Waals surface area contributed by atoms with Crippen LogP contribution >= 0.6 is 0 Å². The highest BCUT2D eigenvalue weighted by atomic mass is 16.3. The van der Waals surface area contributed by atoms with Crippen LogP contribution < -0.4 is 5.32 Å². The van der Waals surface area contributed by atoms with Crippen LogP contribution in [-0.4, -0.2) is 28.2 Å². The molecule has 1 aromatic heterocycles. The summed E-state index contributed by atoms with van der Waals surface area (Å²) in [6.45, 7) is 4.97. The van der Waals surface area contributed by atoms with Gasteiger partial charge in [-0.1, -0.05) is 12.8 Å². The van der Waals surface area contributed by atoms with Gasteiger partial charge in [-0.25, -0.2) is 4.98 Å². The Kier molecular flexibility index (Phi) is 3.62. The average molecular weight is 235 g/mol. The SMILES string of the molecule is Cc1ncc(NCC2(CO)CCCC2)nc1C. The van der Waals surface area contributed by atoms with Crippen LogP contribution in [0.25, 0.3) is 0 Å². The Hall–Kier alpha value is -1.16. The first kappa shape index (κ1) is 12.3. The van der Waals surface area contributed by atoms with E-state index >= 15 is 0 Å². The first-order valence-corrected chi connectivity index (χ1v) is 6.30. The predicted octanol–water partition coefficient (Wildman–Crippen LogP) is 2.06. The highest BCUT2D eigenvalue weighted by Gasteiger charge is 2.32. The van der Waals surface area contributed by atoms with Crippen molar-refractivity contribution in [2.45, 2.75) is 39.5 Å². The van der Waals surface area contributed by atoms with Crippen molar-refractivity contribution in [2.75, 3.05) is 18.5 Å². The number of aryl methyl sites for hydroxylation is 2. The minimum absolute atomic E-state index is 0.0560. The summed E-state index contributed by atoms with van der Waals surface area (Å²) in [5, 5.41) is 12.8. The van der Waals surface area contributed by atoms with Gasteiger partial charge >= 0.3 is 0 Å². The molecule has 1 aromatic rings. The van der Waals surface area contributed by atoms with E-state index in [2.05, 4.69) is 15.3 Å². The maximum atomic E-state index is 9.52. The van der Waals surface area contributed by atoms with Crippen molar-refractivity contribution in [1.82, 2.24) is 9.97 Å². The summed E-state index contributed by atoms with van der Waals surface area (Å²) in [6, 6.07) is 0. The second kappa shape index (κ2) is 5.00. The Bertz CT molecular complexity index is 386. The number of rotatable bonds is 4. The summed E-state index contributed by atoms with van der Waals surface area (Å²) in [5.41, 5.74) is 1.98. The van der Waals surface area contributed by atoms with E-state index in [1.54, 1.807) is 6.20 Å². The highest BCUT2D eigenvalue weighted by Crippen LogP contribution is 2.37. The Morgan fingerprint density at radius 3 is 2.59 bits per heavy atom. The number of nitrogens with one attached hydrogen (secondary N) is 1. The molecule has 1 aliphatic rings. The van der Waals surface area contributed by atoms with Crippen molar-refractivity contribution < 1.29 is 5.11 Å². The zero-order chi connectivity index (χ0) is 12.3. The van der Waals surface area contributed by atoms with E-state index in [-0.39, 0.29) is 12.0 Å². The zero-order valence-electron chi connectivity index (χ0n) is 10.7. The lowest BCUT2D eigenvalue weighted by atomic mass is 9.87. The second-order valence-electron chi connectivity index (χ2n) is 5.14. The lowest BCUT2D eigenvalue weighted by Gasteiger charge is -2.26. The molecule has 0 saturated heterocycles. The van der Waals surface area contributed by atoms with Crippen molar-refractivity contribution in [3.05, 3.63) is 17.6 Å². The van der Waals surface area contributed by atoms with Gasteiger partial charge in [-0.05, 0) is 26.7 Å². The average Bonchev–Trinajstić information content (AvgIpc) is 2.80. The molecule has 2 N–H and O–H groups in total. The molecule has 4 heteroatoms. The Morgan fingerprint density at radius 2 is 2.00 bits per heavy atom. The molecule has 1 heterocycles. The molecule has 0 unspecified atom stereocenters. The third kappa shape index (κ3) is 2.75. The molecule has 4 nitrogen and oxygen atoms in total. The number of nitrogens with zero attached hydrogens (tertiary/aromatic N) is 2. The van der Waals surface area contributed by atoms with Crippen molar-refractivity contribution in [2.24, 2.45) is 5.41 Å². The number of hydrogen-bond donors (Lipinski definition) is 2. The maximum absolute atomic E-state index is 9.52. The molecule has 0 spiro atoms. The third-order valence-electron chi connectivity index (χ3n) is 3.84. The second-order valence-corrected chi connectivity index (χ2v) is 5.14. The fraction of sp³-hybridized carbons (Fsp3) is 0.692. The molecule has 1 saturated carbocycles. The molecule has 0 aromatic carbocycles. The van der Waals surface area contributed by atoms with E-state index in [9.17, 15) is 5.11 Å². The molecule has 0 radical (unpaired) electrons. The molecule has 17 heavy (non-hydrogen) atoms. The standard InChI is InChI=1S/C13H21N3O/c1-10-11(2)16-12(7-14-10)15-8-13(9-17)5-3-4-6-13/h7,17H,3-6,8-9H2,1-2H3,(H,15,16). The van der Waals surface area contributed by atoms with Gasteiger partial charge in [-0.3, -0.25) is 4.98 Å². The van der Waals surface area contributed by atoms with E-state index in [1.807, 2.05) is 13.8 Å². The topological polar surface area (TPSA) is 58.0 Å². The predicted molar refractivity (Wildman–Crippen MR) is 68.0 cm³/mol. The largest absolute Gasteiger partial charge is 0.396 e. The Balaban J connectivity index is 1.99. The summed E-state index contributed by atoms with van der Waals surface area (Å²) >= 11 is 0. The summed E-state index contributed by atoms with van der Waals surface area (Å²) in [4.78, 5) is 8.73. The van der Waals surface area contributed by atoms with Crippen LogP contribution in [0.2, 0.25) is 0 Å². The minimum atomic E-state index is 0.0560. The number of aromatic nitrogens is 2. The van der Waals surface area contributed by atoms with Gasteiger partial charge in [-0.2, -0.15) is 0 Å². The summed E-state index contributed by atoms with van der Waals surface area (Å²) in [6.07, 6.45) is 6.42. The van der Waals surface area contributed by atoms with Crippen LogP contribution in [0.15, 0.2) is 6.20 Å². The monoisotopic (exact) mass is 235 g/mol. The third-order valence-corrected chi connectivity index (χ3v) is 3.84. The van der Waals surface area contributed by atoms with Crippen molar-refractivity contribution >= 4 is 5.82 Å². The van der Waals surface area contributed by atoms with Crippen LogP contribution in [0.5, 0.6) is 0 Å². The van der Waals surface area contributed by atoms with Gasteiger partial charge in [0, 0.05) is 12.0 Å². The van der Waals surface area contributed by atoms with Crippen molar-refractivity contribution in [3.63, 3.8) is 0 Å². The molecule has 1 aliphatic carbocycles. The molecular weight excluding hydrogens is 214 g/mol. The van der Waals surface area contributed by atoms with Crippen molar-refractivity contribution in [1.29, 1.82) is 0 Å². The molecule has 0 bridgehead atoms. The normalized spacial score (nSPS) is 18.3. The van der Waals surface area contributed by atoms with Gasteiger partial charge < -0.3 is 10.4 Å². The number of anilines is 1. The molecule has 0 amide bonds. The van der Waals surface area contributed by atoms with Gasteiger partial charge in [0.05, 0.1) is 24.2 Å². The fourth-order valence-corrected chi connectivity index (χ4v) is 2.42. The minimum Gasteiger partial charge on any atom is -0.396 e. The van der Waals surface area contributed by atoms with E-state index in [0.717, 1.165) is 36.6 Å². The quantitative estimate of drug-likeness (QED) is 0.838. The molecule has 2 rings (SSSR count). The first-order valence-electron chi connectivity index (χ1n) is 6.30. The lowest BCUT2D eigenvalue weighted by Crippen LogP contribution is -2.30. The molecular formula is C13H21N3O. The zero-order valence-corrected chi connectivity index (χ0v) is 10.7. The number of aliphatic hydroxyl groups is 1. The molecule has 1 fully saturated rings. The summed E-state index contributed by atoms with van der Waals surface area (Å²) in [5.74, 6) is 0.813. The number of hydrogen-bond acceptors (Lipinski definition) is 4. The number of aliphatic hydroxyl groups excluding tert-OH is 1. The van der Waals surface area contributed by atoms with Gasteiger partial charge in [0.25, 0.3) is 0 Å². The van der Waals surface area contributed by atoms with Crippen LogP contribution in [-0.2, 0) is 0 Å². The summed E-state index contributed by atoms with van der Waals surface area (Å²) < 4.78 is 0. The van der Waals surface area contributed by atoms with Crippen LogP contribution in [0.4, 0.5) is 5.82 Å². The van der Waals surface area contributed by atoms with Gasteiger partial charge in [0.15, 0.2) is 0 Å². The molecule has 94 valence electrons.